The van der Waals surface area contributed by atoms with Crippen LogP contribution < -0.4 is 5.32 Å². The van der Waals surface area contributed by atoms with Crippen molar-refractivity contribution in [2.45, 2.75) is 50.8 Å². The lowest BCUT2D eigenvalue weighted by atomic mass is 9.81. The molecule has 0 radical (unpaired) electrons. The van der Waals surface area contributed by atoms with Crippen LogP contribution in [0.15, 0.2) is 29.2 Å². The number of nitrogens with one attached hydrogen (secondary N) is 1. The molecule has 0 saturated heterocycles. The molecule has 2 rings (SSSR count). The van der Waals surface area contributed by atoms with Crippen LogP contribution in [0.4, 0.5) is 5.69 Å². The summed E-state index contributed by atoms with van der Waals surface area (Å²) >= 11 is 0. The largest absolute Gasteiger partial charge is 0.384 e. The average Bonchev–Trinajstić information content (AvgIpc) is 2.53. The molecule has 1 fully saturated rings. The van der Waals surface area contributed by atoms with Gasteiger partial charge in [0, 0.05) is 6.54 Å². The second kappa shape index (κ2) is 7.30. The molecule has 0 heterocycles. The quantitative estimate of drug-likeness (QED) is 0.860. The van der Waals surface area contributed by atoms with Gasteiger partial charge in [-0.25, -0.2) is 8.42 Å². The van der Waals surface area contributed by atoms with Crippen LogP contribution in [-0.4, -0.2) is 20.7 Å². The first kappa shape index (κ1) is 16.3. The number of anilines is 1. The Labute approximate surface area is 129 Å². The van der Waals surface area contributed by atoms with E-state index in [2.05, 4.69) is 12.2 Å². The van der Waals surface area contributed by atoms with E-state index in [1.807, 2.05) is 12.1 Å². The highest BCUT2D eigenvalue weighted by molar-refractivity contribution is 7.91. The van der Waals surface area contributed by atoms with E-state index in [-0.39, 0.29) is 5.75 Å². The number of benzene rings is 1. The summed E-state index contributed by atoms with van der Waals surface area (Å²) in [6.45, 7) is 4.85. The second-order valence-corrected chi connectivity index (χ2v) is 8.32. The maximum Gasteiger partial charge on any atom is 0.180 e. The van der Waals surface area contributed by atoms with E-state index in [0.29, 0.717) is 10.8 Å². The molecule has 1 aromatic rings. The van der Waals surface area contributed by atoms with Crippen LogP contribution in [-0.2, 0) is 9.84 Å². The van der Waals surface area contributed by atoms with Gasteiger partial charge in [0.05, 0.1) is 16.3 Å². The van der Waals surface area contributed by atoms with Crippen molar-refractivity contribution >= 4 is 15.5 Å². The fourth-order valence-electron chi connectivity index (χ4n) is 3.14. The second-order valence-electron chi connectivity index (χ2n) is 6.08. The normalized spacial score (nSPS) is 23.0. The minimum atomic E-state index is -3.16. The molecule has 118 valence electrons. The first-order valence-corrected chi connectivity index (χ1v) is 9.77. The SMILES string of the molecule is CCC1CCC(CNc2ccccc2S(=O)(=O)CC)CC1. The Bertz CT molecular complexity index is 546. The number of hydrogen-bond donors (Lipinski definition) is 1. The van der Waals surface area contributed by atoms with Gasteiger partial charge in [-0.2, -0.15) is 0 Å². The van der Waals surface area contributed by atoms with Crippen LogP contribution in [0, 0.1) is 11.8 Å². The monoisotopic (exact) mass is 309 g/mol. The minimum absolute atomic E-state index is 0.146. The lowest BCUT2D eigenvalue weighted by molar-refractivity contribution is 0.278. The van der Waals surface area contributed by atoms with E-state index in [0.717, 1.165) is 18.2 Å². The van der Waals surface area contributed by atoms with Gasteiger partial charge in [0.2, 0.25) is 0 Å². The van der Waals surface area contributed by atoms with E-state index in [1.165, 1.54) is 32.1 Å². The number of rotatable bonds is 6. The Morgan fingerprint density at radius 3 is 2.29 bits per heavy atom. The molecule has 0 spiro atoms. The van der Waals surface area contributed by atoms with Crippen molar-refractivity contribution in [2.75, 3.05) is 17.6 Å². The first-order chi connectivity index (χ1) is 10.1. The van der Waals surface area contributed by atoms with Gasteiger partial charge >= 0.3 is 0 Å². The van der Waals surface area contributed by atoms with Crippen molar-refractivity contribution < 1.29 is 8.42 Å². The first-order valence-electron chi connectivity index (χ1n) is 8.12. The highest BCUT2D eigenvalue weighted by Crippen LogP contribution is 2.31. The summed E-state index contributed by atoms with van der Waals surface area (Å²) in [7, 11) is -3.16. The lowest BCUT2D eigenvalue weighted by Crippen LogP contribution is -2.21. The van der Waals surface area contributed by atoms with Crippen LogP contribution in [0.3, 0.4) is 0 Å². The van der Waals surface area contributed by atoms with Gasteiger partial charge in [-0.3, -0.25) is 0 Å². The van der Waals surface area contributed by atoms with Crippen LogP contribution >= 0.6 is 0 Å². The van der Waals surface area contributed by atoms with Crippen LogP contribution in [0.2, 0.25) is 0 Å². The third kappa shape index (κ3) is 4.22. The van der Waals surface area contributed by atoms with E-state index in [1.54, 1.807) is 19.1 Å². The highest BCUT2D eigenvalue weighted by Gasteiger charge is 2.21. The van der Waals surface area contributed by atoms with Gasteiger partial charge in [-0.15, -0.1) is 0 Å². The van der Waals surface area contributed by atoms with E-state index >= 15 is 0 Å². The maximum atomic E-state index is 12.1. The molecule has 1 N–H and O–H groups in total. The molecule has 0 unspecified atom stereocenters. The Morgan fingerprint density at radius 1 is 1.05 bits per heavy atom. The summed E-state index contributed by atoms with van der Waals surface area (Å²) in [4.78, 5) is 0.440. The van der Waals surface area contributed by atoms with Gasteiger partial charge in [0.25, 0.3) is 0 Å². The third-order valence-corrected chi connectivity index (χ3v) is 6.51. The van der Waals surface area contributed by atoms with Crippen LogP contribution in [0.1, 0.15) is 46.0 Å². The zero-order valence-corrected chi connectivity index (χ0v) is 14.0. The van der Waals surface area contributed by atoms with Gasteiger partial charge in [-0.05, 0) is 36.8 Å². The van der Waals surface area contributed by atoms with Gasteiger partial charge in [-0.1, -0.05) is 45.2 Å². The molecule has 1 saturated carbocycles. The van der Waals surface area contributed by atoms with Crippen molar-refractivity contribution in [1.82, 2.24) is 0 Å². The summed E-state index contributed by atoms with van der Waals surface area (Å²) in [6.07, 6.45) is 6.44. The van der Waals surface area contributed by atoms with E-state index < -0.39 is 9.84 Å². The number of sulfone groups is 1. The van der Waals surface area contributed by atoms with E-state index in [9.17, 15) is 8.42 Å². The van der Waals surface area contributed by atoms with Crippen molar-refractivity contribution in [2.24, 2.45) is 11.8 Å². The molecule has 1 aromatic carbocycles. The molecule has 3 nitrogen and oxygen atoms in total. The molecule has 0 atom stereocenters. The van der Waals surface area contributed by atoms with Crippen molar-refractivity contribution in [1.29, 1.82) is 0 Å². The smallest absolute Gasteiger partial charge is 0.180 e. The topological polar surface area (TPSA) is 46.2 Å². The summed E-state index contributed by atoms with van der Waals surface area (Å²) < 4.78 is 24.2. The molecular formula is C17H27NO2S. The molecule has 21 heavy (non-hydrogen) atoms. The molecule has 0 aliphatic heterocycles. The molecule has 0 amide bonds. The fourth-order valence-corrected chi connectivity index (χ4v) is 4.21. The molecule has 4 heteroatoms. The minimum Gasteiger partial charge on any atom is -0.384 e. The van der Waals surface area contributed by atoms with Gasteiger partial charge in [0.1, 0.15) is 0 Å². The summed E-state index contributed by atoms with van der Waals surface area (Å²) in [5, 5.41) is 3.38. The Morgan fingerprint density at radius 2 is 1.67 bits per heavy atom. The van der Waals surface area contributed by atoms with Crippen LogP contribution in [0.25, 0.3) is 0 Å². The molecular weight excluding hydrogens is 282 g/mol. The van der Waals surface area contributed by atoms with Gasteiger partial charge < -0.3 is 5.32 Å². The van der Waals surface area contributed by atoms with Crippen molar-refractivity contribution in [3.05, 3.63) is 24.3 Å². The Hall–Kier alpha value is -1.03. The highest BCUT2D eigenvalue weighted by atomic mass is 32.2. The molecule has 1 aliphatic carbocycles. The maximum absolute atomic E-state index is 12.1. The lowest BCUT2D eigenvalue weighted by Gasteiger charge is -2.28. The van der Waals surface area contributed by atoms with Crippen molar-refractivity contribution in [3.8, 4) is 0 Å². The average molecular weight is 309 g/mol. The Balaban J connectivity index is 1.98. The summed E-state index contributed by atoms with van der Waals surface area (Å²) in [5.41, 5.74) is 0.761. The van der Waals surface area contributed by atoms with E-state index in [4.69, 9.17) is 0 Å². The fraction of sp³-hybridized carbons (Fsp3) is 0.647. The zero-order valence-electron chi connectivity index (χ0n) is 13.1. The summed E-state index contributed by atoms with van der Waals surface area (Å²) in [5.74, 6) is 1.71. The standard InChI is InChI=1S/C17H27NO2S/c1-3-14-9-11-15(12-10-14)13-18-16-7-5-6-8-17(16)21(19,20)4-2/h5-8,14-15,18H,3-4,9-13H2,1-2H3. The number of hydrogen-bond acceptors (Lipinski definition) is 3. The summed E-state index contributed by atoms with van der Waals surface area (Å²) in [6, 6.07) is 7.26. The predicted molar refractivity (Wildman–Crippen MR) is 88.4 cm³/mol. The zero-order chi connectivity index (χ0) is 15.3. The van der Waals surface area contributed by atoms with Gasteiger partial charge in [0.15, 0.2) is 9.84 Å². The van der Waals surface area contributed by atoms with Crippen LogP contribution in [0.5, 0.6) is 0 Å². The molecule has 0 bridgehead atoms. The molecule has 1 aliphatic rings. The third-order valence-electron chi connectivity index (χ3n) is 4.73. The molecule has 0 aromatic heterocycles. The predicted octanol–water partition coefficient (Wildman–Crippen LogP) is 4.11. The number of para-hydroxylation sites is 1. The Kier molecular flexibility index (Phi) is 5.68. The van der Waals surface area contributed by atoms with Crippen molar-refractivity contribution in [3.63, 3.8) is 0 Å².